The van der Waals surface area contributed by atoms with E-state index in [0.717, 1.165) is 44.8 Å². The second-order valence-corrected chi connectivity index (χ2v) is 7.30. The minimum absolute atomic E-state index is 0.241. The van der Waals surface area contributed by atoms with Gasteiger partial charge in [0, 0.05) is 38.3 Å². The predicted molar refractivity (Wildman–Crippen MR) is 84.5 cm³/mol. The van der Waals surface area contributed by atoms with Gasteiger partial charge in [-0.05, 0) is 30.4 Å². The van der Waals surface area contributed by atoms with Gasteiger partial charge in [0.15, 0.2) is 0 Å². The molecule has 4 nitrogen and oxygen atoms in total. The maximum atomic E-state index is 12.4. The summed E-state index contributed by atoms with van der Waals surface area (Å²) in [5.41, 5.74) is 0.351. The maximum Gasteiger partial charge on any atom is 0.225 e. The highest BCUT2D eigenvalue weighted by Gasteiger charge is 2.42. The van der Waals surface area contributed by atoms with Gasteiger partial charge in [0.25, 0.3) is 0 Å². The van der Waals surface area contributed by atoms with Crippen molar-refractivity contribution in [3.05, 3.63) is 23.4 Å². The van der Waals surface area contributed by atoms with Gasteiger partial charge in [0.1, 0.15) is 5.82 Å². The molecule has 5 heteroatoms. The van der Waals surface area contributed by atoms with Crippen LogP contribution in [0.15, 0.2) is 18.3 Å². The van der Waals surface area contributed by atoms with Crippen molar-refractivity contribution in [2.24, 2.45) is 11.3 Å². The number of nitrogens with zero attached hydrogens (tertiary/aromatic N) is 3. The summed E-state index contributed by atoms with van der Waals surface area (Å²) in [5.74, 6) is 1.40. The number of carbonyl (C=O) groups is 1. The summed E-state index contributed by atoms with van der Waals surface area (Å²) in [6.45, 7) is 7.61. The summed E-state index contributed by atoms with van der Waals surface area (Å²) in [4.78, 5) is 21.0. The third-order valence-electron chi connectivity index (χ3n) is 4.58. The molecule has 1 aliphatic carbocycles. The summed E-state index contributed by atoms with van der Waals surface area (Å²) in [7, 11) is 0. The lowest BCUT2D eigenvalue weighted by Crippen LogP contribution is -2.53. The molecule has 0 unspecified atom stereocenters. The number of rotatable bonds is 2. The number of hydrogen-bond acceptors (Lipinski definition) is 3. The molecule has 21 heavy (non-hydrogen) atoms. The molecule has 1 saturated heterocycles. The molecule has 2 aliphatic rings. The number of halogens is 1. The summed E-state index contributed by atoms with van der Waals surface area (Å²) in [6.07, 6.45) is 3.81. The normalized spacial score (nSPS) is 22.0. The number of anilines is 1. The largest absolute Gasteiger partial charge is 0.352 e. The van der Waals surface area contributed by atoms with Crippen molar-refractivity contribution < 1.29 is 4.79 Å². The number of pyridine rings is 1. The van der Waals surface area contributed by atoms with E-state index in [-0.39, 0.29) is 5.92 Å². The lowest BCUT2D eigenvalue weighted by molar-refractivity contribution is -0.142. The molecule has 114 valence electrons. The molecule has 0 aromatic carbocycles. The average Bonchev–Trinajstić information content (AvgIpc) is 2.45. The van der Waals surface area contributed by atoms with Gasteiger partial charge in [-0.15, -0.1) is 0 Å². The lowest BCUT2D eigenvalue weighted by Gasteiger charge is -2.45. The smallest absolute Gasteiger partial charge is 0.225 e. The first kappa shape index (κ1) is 14.6. The van der Waals surface area contributed by atoms with E-state index in [1.54, 1.807) is 6.20 Å². The Morgan fingerprint density at radius 3 is 2.52 bits per heavy atom. The molecule has 0 radical (unpaired) electrons. The number of carbonyl (C=O) groups excluding carboxylic acids is 1. The molecular formula is C16H22ClN3O. The summed E-state index contributed by atoms with van der Waals surface area (Å²) in [5, 5.41) is 0.679. The molecule has 1 aliphatic heterocycles. The van der Waals surface area contributed by atoms with Crippen LogP contribution in [0.1, 0.15) is 26.7 Å². The van der Waals surface area contributed by atoms with E-state index < -0.39 is 0 Å². The van der Waals surface area contributed by atoms with E-state index >= 15 is 0 Å². The van der Waals surface area contributed by atoms with Crippen molar-refractivity contribution in [1.29, 1.82) is 0 Å². The van der Waals surface area contributed by atoms with Crippen LogP contribution in [-0.2, 0) is 4.79 Å². The molecule has 1 aromatic heterocycles. The fourth-order valence-corrected chi connectivity index (χ4v) is 3.70. The van der Waals surface area contributed by atoms with Gasteiger partial charge in [-0.2, -0.15) is 0 Å². The molecule has 0 N–H and O–H groups in total. The number of piperazine rings is 1. The van der Waals surface area contributed by atoms with E-state index in [4.69, 9.17) is 11.6 Å². The first-order valence-electron chi connectivity index (χ1n) is 7.60. The molecule has 2 fully saturated rings. The third-order valence-corrected chi connectivity index (χ3v) is 4.87. The van der Waals surface area contributed by atoms with Crippen LogP contribution in [0.5, 0.6) is 0 Å². The van der Waals surface area contributed by atoms with E-state index in [2.05, 4.69) is 23.7 Å². The Morgan fingerprint density at radius 2 is 1.95 bits per heavy atom. The first-order chi connectivity index (χ1) is 9.96. The van der Waals surface area contributed by atoms with Gasteiger partial charge in [-0.1, -0.05) is 25.4 Å². The number of amides is 1. The van der Waals surface area contributed by atoms with Gasteiger partial charge >= 0.3 is 0 Å². The van der Waals surface area contributed by atoms with Crippen molar-refractivity contribution in [2.75, 3.05) is 31.1 Å². The molecule has 1 saturated carbocycles. The Kier molecular flexibility index (Phi) is 3.82. The Balaban J connectivity index is 1.56. The van der Waals surface area contributed by atoms with Crippen molar-refractivity contribution in [1.82, 2.24) is 9.88 Å². The molecule has 0 spiro atoms. The SMILES string of the molecule is CC1(C)CC(C(=O)N2CCN(c3ncccc3Cl)CC2)C1. The average molecular weight is 308 g/mol. The Bertz CT molecular complexity index is 530. The minimum Gasteiger partial charge on any atom is -0.352 e. The lowest BCUT2D eigenvalue weighted by atomic mass is 9.64. The summed E-state index contributed by atoms with van der Waals surface area (Å²) < 4.78 is 0. The fourth-order valence-electron chi connectivity index (χ4n) is 3.46. The zero-order valence-corrected chi connectivity index (χ0v) is 13.4. The van der Waals surface area contributed by atoms with Gasteiger partial charge in [0.2, 0.25) is 5.91 Å². The van der Waals surface area contributed by atoms with Crippen molar-refractivity contribution in [3.8, 4) is 0 Å². The van der Waals surface area contributed by atoms with Gasteiger partial charge in [0.05, 0.1) is 5.02 Å². The Hall–Kier alpha value is -1.29. The monoisotopic (exact) mass is 307 g/mol. The zero-order chi connectivity index (χ0) is 15.0. The highest BCUT2D eigenvalue weighted by molar-refractivity contribution is 6.32. The Morgan fingerprint density at radius 1 is 1.29 bits per heavy atom. The highest BCUT2D eigenvalue weighted by Crippen LogP contribution is 2.45. The maximum absolute atomic E-state index is 12.4. The molecule has 0 bridgehead atoms. The molecule has 3 rings (SSSR count). The third kappa shape index (κ3) is 3.00. The second kappa shape index (κ2) is 5.48. The predicted octanol–water partition coefficient (Wildman–Crippen LogP) is 2.82. The van der Waals surface area contributed by atoms with Crippen LogP contribution >= 0.6 is 11.6 Å². The van der Waals surface area contributed by atoms with Crippen LogP contribution < -0.4 is 4.90 Å². The van der Waals surface area contributed by atoms with Gasteiger partial charge in [-0.3, -0.25) is 4.79 Å². The van der Waals surface area contributed by atoms with E-state index in [9.17, 15) is 4.79 Å². The molecular weight excluding hydrogens is 286 g/mol. The van der Waals surface area contributed by atoms with Crippen LogP contribution in [0.3, 0.4) is 0 Å². The van der Waals surface area contributed by atoms with E-state index in [0.29, 0.717) is 16.3 Å². The van der Waals surface area contributed by atoms with Gasteiger partial charge < -0.3 is 9.80 Å². The zero-order valence-electron chi connectivity index (χ0n) is 12.7. The van der Waals surface area contributed by atoms with Crippen LogP contribution in [0.4, 0.5) is 5.82 Å². The van der Waals surface area contributed by atoms with Crippen LogP contribution in [0.2, 0.25) is 5.02 Å². The van der Waals surface area contributed by atoms with Crippen molar-refractivity contribution in [3.63, 3.8) is 0 Å². The Labute approximate surface area is 131 Å². The molecule has 2 heterocycles. The number of hydrogen-bond donors (Lipinski definition) is 0. The number of aromatic nitrogens is 1. The standard InChI is InChI=1S/C16H22ClN3O/c1-16(2)10-12(11-16)15(21)20-8-6-19(7-9-20)14-13(17)4-3-5-18-14/h3-5,12H,6-11H2,1-2H3. The second-order valence-electron chi connectivity index (χ2n) is 6.89. The fraction of sp³-hybridized carbons (Fsp3) is 0.625. The van der Waals surface area contributed by atoms with E-state index in [1.165, 1.54) is 0 Å². The van der Waals surface area contributed by atoms with Crippen molar-refractivity contribution in [2.45, 2.75) is 26.7 Å². The molecule has 1 aromatic rings. The molecule has 0 atom stereocenters. The topological polar surface area (TPSA) is 36.4 Å². The summed E-state index contributed by atoms with van der Waals surface area (Å²) >= 11 is 6.19. The quantitative estimate of drug-likeness (QED) is 0.843. The highest BCUT2D eigenvalue weighted by atomic mass is 35.5. The van der Waals surface area contributed by atoms with E-state index in [1.807, 2.05) is 17.0 Å². The molecule has 1 amide bonds. The van der Waals surface area contributed by atoms with Crippen molar-refractivity contribution >= 4 is 23.3 Å². The van der Waals surface area contributed by atoms with Crippen LogP contribution in [0.25, 0.3) is 0 Å². The van der Waals surface area contributed by atoms with Crippen LogP contribution in [0, 0.1) is 11.3 Å². The van der Waals surface area contributed by atoms with Gasteiger partial charge in [-0.25, -0.2) is 4.98 Å². The minimum atomic E-state index is 0.241. The first-order valence-corrected chi connectivity index (χ1v) is 7.98. The summed E-state index contributed by atoms with van der Waals surface area (Å²) in [6, 6.07) is 3.70. The van der Waals surface area contributed by atoms with Crippen LogP contribution in [-0.4, -0.2) is 42.0 Å².